The van der Waals surface area contributed by atoms with E-state index in [1.54, 1.807) is 32.0 Å². The molecule has 2 rings (SSSR count). The van der Waals surface area contributed by atoms with Crippen LogP contribution in [0.3, 0.4) is 0 Å². The Balaban J connectivity index is 2.34. The molecule has 0 N–H and O–H groups in total. The summed E-state index contributed by atoms with van der Waals surface area (Å²) < 4.78 is 9.81. The number of carbonyl (C=O) groups is 2. The molecular formula is C12H16N4O4. The van der Waals surface area contributed by atoms with E-state index in [0.717, 1.165) is 0 Å². The number of nitrogens with zero attached hydrogens (tertiary/aromatic N) is 4. The molecule has 2 aliphatic heterocycles. The Hall–Kier alpha value is -2.22. The van der Waals surface area contributed by atoms with Crippen LogP contribution in [0, 0.1) is 0 Å². The maximum Gasteiger partial charge on any atom is 0.376 e. The Morgan fingerprint density at radius 1 is 1.20 bits per heavy atom. The fourth-order valence-electron chi connectivity index (χ4n) is 1.82. The second-order valence-electron chi connectivity index (χ2n) is 4.03. The summed E-state index contributed by atoms with van der Waals surface area (Å²) in [5.41, 5.74) is 0. The van der Waals surface area contributed by atoms with Crippen molar-refractivity contribution in [3.63, 3.8) is 0 Å². The van der Waals surface area contributed by atoms with Crippen LogP contribution in [-0.2, 0) is 19.1 Å². The first-order valence-corrected chi connectivity index (χ1v) is 6.31. The summed E-state index contributed by atoms with van der Waals surface area (Å²) in [6.07, 6.45) is 1.78. The third kappa shape index (κ3) is 2.55. The van der Waals surface area contributed by atoms with Gasteiger partial charge in [-0.15, -0.1) is 0 Å². The molecule has 2 aliphatic rings. The second kappa shape index (κ2) is 5.83. The Kier molecular flexibility index (Phi) is 4.14. The predicted octanol–water partition coefficient (Wildman–Crippen LogP) is -0.0730. The molecule has 0 atom stereocenters. The second-order valence-corrected chi connectivity index (χ2v) is 4.03. The third-order valence-electron chi connectivity index (χ3n) is 2.65. The minimum Gasteiger partial charge on any atom is -0.460 e. The van der Waals surface area contributed by atoms with Gasteiger partial charge in [0.25, 0.3) is 0 Å². The van der Waals surface area contributed by atoms with Gasteiger partial charge in [0, 0.05) is 13.6 Å². The fraction of sp³-hybridized carbons (Fsp3) is 0.500. The van der Waals surface area contributed by atoms with Gasteiger partial charge in [-0.05, 0) is 19.9 Å². The highest BCUT2D eigenvalue weighted by Gasteiger charge is 2.36. The summed E-state index contributed by atoms with van der Waals surface area (Å²) in [4.78, 5) is 31.7. The van der Waals surface area contributed by atoms with Crippen molar-refractivity contribution in [2.45, 2.75) is 13.8 Å². The highest BCUT2D eigenvalue weighted by atomic mass is 16.5. The zero-order valence-corrected chi connectivity index (χ0v) is 11.6. The highest BCUT2D eigenvalue weighted by Crippen LogP contribution is 2.22. The predicted molar refractivity (Wildman–Crippen MR) is 70.7 cm³/mol. The van der Waals surface area contributed by atoms with E-state index in [0.29, 0.717) is 12.4 Å². The molecule has 0 saturated carbocycles. The van der Waals surface area contributed by atoms with Gasteiger partial charge in [-0.1, -0.05) is 0 Å². The van der Waals surface area contributed by atoms with E-state index >= 15 is 0 Å². The van der Waals surface area contributed by atoms with E-state index in [-0.39, 0.29) is 24.9 Å². The van der Waals surface area contributed by atoms with Crippen LogP contribution in [-0.4, -0.2) is 60.4 Å². The molecule has 0 amide bonds. The molecule has 0 saturated heterocycles. The van der Waals surface area contributed by atoms with Crippen molar-refractivity contribution < 1.29 is 19.1 Å². The van der Waals surface area contributed by atoms with Gasteiger partial charge in [0.15, 0.2) is 0 Å². The number of esters is 2. The van der Waals surface area contributed by atoms with Gasteiger partial charge in [-0.25, -0.2) is 24.6 Å². The highest BCUT2D eigenvalue weighted by molar-refractivity contribution is 6.45. The van der Waals surface area contributed by atoms with Crippen LogP contribution in [0.2, 0.25) is 0 Å². The van der Waals surface area contributed by atoms with Crippen molar-refractivity contribution in [2.24, 2.45) is 9.98 Å². The molecule has 0 radical (unpaired) electrons. The maximum atomic E-state index is 12.0. The Morgan fingerprint density at radius 2 is 1.85 bits per heavy atom. The van der Waals surface area contributed by atoms with Gasteiger partial charge >= 0.3 is 11.9 Å². The molecule has 0 aliphatic carbocycles. The minimum absolute atomic E-state index is 0.0103. The summed E-state index contributed by atoms with van der Waals surface area (Å²) in [5.74, 6) is -0.939. The lowest BCUT2D eigenvalue weighted by Gasteiger charge is -2.29. The van der Waals surface area contributed by atoms with Crippen molar-refractivity contribution in [1.82, 2.24) is 10.0 Å². The van der Waals surface area contributed by atoms with E-state index in [9.17, 15) is 9.59 Å². The number of aliphatic imine (C=N–C) groups is 2. The average molecular weight is 280 g/mol. The van der Waals surface area contributed by atoms with Gasteiger partial charge in [-0.2, -0.15) is 4.99 Å². The molecule has 0 unspecified atom stereocenters. The van der Waals surface area contributed by atoms with E-state index in [2.05, 4.69) is 9.98 Å². The molecule has 108 valence electrons. The monoisotopic (exact) mass is 280 g/mol. The zero-order valence-electron chi connectivity index (χ0n) is 11.6. The van der Waals surface area contributed by atoms with Crippen LogP contribution >= 0.6 is 0 Å². The van der Waals surface area contributed by atoms with Crippen molar-refractivity contribution in [3.8, 4) is 0 Å². The Bertz CT molecular complexity index is 524. The molecule has 0 spiro atoms. The molecule has 0 fully saturated rings. The van der Waals surface area contributed by atoms with Gasteiger partial charge in [0.1, 0.15) is 5.82 Å². The van der Waals surface area contributed by atoms with Gasteiger partial charge in [0.05, 0.1) is 13.2 Å². The molecule has 20 heavy (non-hydrogen) atoms. The van der Waals surface area contributed by atoms with E-state index in [4.69, 9.17) is 9.47 Å². The zero-order chi connectivity index (χ0) is 14.7. The van der Waals surface area contributed by atoms with Crippen LogP contribution in [0.5, 0.6) is 0 Å². The number of carbonyl (C=O) groups excluding carboxylic acids is 2. The lowest BCUT2D eigenvalue weighted by Crippen LogP contribution is -2.46. The van der Waals surface area contributed by atoms with E-state index < -0.39 is 11.9 Å². The van der Waals surface area contributed by atoms with Crippen molar-refractivity contribution in [3.05, 3.63) is 11.9 Å². The lowest BCUT2D eigenvalue weighted by molar-refractivity contribution is -0.136. The molecule has 0 aromatic rings. The van der Waals surface area contributed by atoms with Crippen LogP contribution in [0.1, 0.15) is 13.8 Å². The van der Waals surface area contributed by atoms with E-state index in [1.165, 1.54) is 5.01 Å². The first-order chi connectivity index (χ1) is 9.58. The minimum atomic E-state index is -0.663. The molecule has 0 aromatic carbocycles. The molecule has 0 aromatic heterocycles. The SMILES string of the molecule is CCOC(=O)C1=NC2=CCN(C)N2C(C(=O)OCC)=N1. The van der Waals surface area contributed by atoms with Gasteiger partial charge in [0.2, 0.25) is 11.7 Å². The Labute approximate surface area is 116 Å². The first kappa shape index (κ1) is 14.2. The maximum absolute atomic E-state index is 12.0. The number of fused-ring (bicyclic) bond motifs is 1. The van der Waals surface area contributed by atoms with Crippen molar-refractivity contribution >= 4 is 23.6 Å². The van der Waals surface area contributed by atoms with Crippen LogP contribution in [0.25, 0.3) is 0 Å². The largest absolute Gasteiger partial charge is 0.460 e. The smallest absolute Gasteiger partial charge is 0.376 e. The van der Waals surface area contributed by atoms with Crippen LogP contribution < -0.4 is 0 Å². The number of likely N-dealkylation sites (N-methyl/N-ethyl adjacent to an activating group) is 1. The summed E-state index contributed by atoms with van der Waals surface area (Å²) in [5, 5.41) is 3.26. The number of hydrogen-bond acceptors (Lipinski definition) is 8. The third-order valence-corrected chi connectivity index (χ3v) is 2.65. The molecule has 8 heteroatoms. The number of rotatable bonds is 4. The fourth-order valence-corrected chi connectivity index (χ4v) is 1.82. The van der Waals surface area contributed by atoms with Crippen LogP contribution in [0.4, 0.5) is 0 Å². The lowest BCUT2D eigenvalue weighted by atomic mass is 10.4. The molecule has 0 bridgehead atoms. The number of hydrazine groups is 1. The number of hydrogen-bond donors (Lipinski definition) is 0. The van der Waals surface area contributed by atoms with Crippen molar-refractivity contribution in [1.29, 1.82) is 0 Å². The van der Waals surface area contributed by atoms with Gasteiger partial charge < -0.3 is 9.47 Å². The Morgan fingerprint density at radius 3 is 2.50 bits per heavy atom. The average Bonchev–Trinajstić information content (AvgIpc) is 2.80. The normalized spacial score (nSPS) is 17.9. The van der Waals surface area contributed by atoms with Gasteiger partial charge in [-0.3, -0.25) is 0 Å². The van der Waals surface area contributed by atoms with E-state index in [1.807, 2.05) is 0 Å². The molecule has 8 nitrogen and oxygen atoms in total. The summed E-state index contributed by atoms with van der Waals surface area (Å²) in [6, 6.07) is 0. The summed E-state index contributed by atoms with van der Waals surface area (Å²) in [6.45, 7) is 4.39. The quantitative estimate of drug-likeness (QED) is 0.670. The molecule has 2 heterocycles. The molecular weight excluding hydrogens is 264 g/mol. The number of ether oxygens (including phenoxy) is 2. The first-order valence-electron chi connectivity index (χ1n) is 6.31. The van der Waals surface area contributed by atoms with Crippen LogP contribution in [0.15, 0.2) is 21.9 Å². The summed E-state index contributed by atoms with van der Waals surface area (Å²) in [7, 11) is 1.78. The van der Waals surface area contributed by atoms with Crippen molar-refractivity contribution in [2.75, 3.05) is 26.8 Å². The summed E-state index contributed by atoms with van der Waals surface area (Å²) >= 11 is 0. The number of amidine groups is 2. The standard InChI is InChI=1S/C12H16N4O4/c1-4-19-11(17)9-13-8-6-7-15(3)16(8)10(14-9)12(18)20-5-2/h6H,4-5,7H2,1-3H3. The topological polar surface area (TPSA) is 83.8 Å².